The first kappa shape index (κ1) is 18.6. The summed E-state index contributed by atoms with van der Waals surface area (Å²) >= 11 is 0. The average Bonchev–Trinajstić information content (AvgIpc) is 3.13. The molecule has 6 nitrogen and oxygen atoms in total. The molecule has 1 aromatic carbocycles. The van der Waals surface area contributed by atoms with Crippen LogP contribution >= 0.6 is 0 Å². The smallest absolute Gasteiger partial charge is 0.222 e. The number of carbonyl (C=O) groups excluding carboxylic acids is 2. The minimum atomic E-state index is -0.105. The quantitative estimate of drug-likeness (QED) is 0.758. The Labute approximate surface area is 147 Å². The van der Waals surface area contributed by atoms with Gasteiger partial charge in [-0.1, -0.05) is 12.1 Å². The molecule has 2 amide bonds. The fourth-order valence-electron chi connectivity index (χ4n) is 2.41. The normalized spacial score (nSPS) is 10.3. The molecule has 6 heteroatoms. The monoisotopic (exact) mass is 344 g/mol. The number of benzene rings is 1. The number of nitrogens with zero attached hydrogens (tertiary/aromatic N) is 1. The van der Waals surface area contributed by atoms with Crippen LogP contribution in [-0.2, 0) is 22.6 Å². The topological polar surface area (TPSA) is 71.8 Å². The number of amides is 2. The van der Waals surface area contributed by atoms with Crippen LogP contribution in [0.15, 0.2) is 47.1 Å². The van der Waals surface area contributed by atoms with Crippen LogP contribution in [0.3, 0.4) is 0 Å². The molecule has 0 radical (unpaired) electrons. The summed E-state index contributed by atoms with van der Waals surface area (Å²) in [7, 11) is 1.63. The van der Waals surface area contributed by atoms with E-state index in [1.807, 2.05) is 24.3 Å². The molecular formula is C19H24N2O4. The van der Waals surface area contributed by atoms with Crippen LogP contribution in [0.2, 0.25) is 0 Å². The molecule has 0 aliphatic heterocycles. The Balaban J connectivity index is 1.75. The van der Waals surface area contributed by atoms with Crippen LogP contribution in [-0.4, -0.2) is 36.9 Å². The van der Waals surface area contributed by atoms with E-state index in [0.29, 0.717) is 25.4 Å². The lowest BCUT2D eigenvalue weighted by molar-refractivity contribution is -0.129. The Morgan fingerprint density at radius 1 is 1.16 bits per heavy atom. The molecule has 0 aliphatic rings. The van der Waals surface area contributed by atoms with E-state index in [1.54, 1.807) is 30.4 Å². The molecule has 0 aliphatic carbocycles. The van der Waals surface area contributed by atoms with E-state index >= 15 is 0 Å². The van der Waals surface area contributed by atoms with Gasteiger partial charge in [0.1, 0.15) is 11.5 Å². The molecule has 0 unspecified atom stereocenters. The van der Waals surface area contributed by atoms with E-state index in [2.05, 4.69) is 5.32 Å². The summed E-state index contributed by atoms with van der Waals surface area (Å²) in [5.74, 6) is 1.37. The number of hydrogen-bond donors (Lipinski definition) is 1. The third kappa shape index (κ3) is 6.33. The van der Waals surface area contributed by atoms with Crippen LogP contribution in [0.25, 0.3) is 0 Å². The SMILES string of the molecule is COc1ccc(CCN(CCC(=O)NCc2ccco2)C(C)=O)cc1. The van der Waals surface area contributed by atoms with Crippen molar-refractivity contribution >= 4 is 11.8 Å². The molecular weight excluding hydrogens is 320 g/mol. The van der Waals surface area contributed by atoms with Gasteiger partial charge in [0.2, 0.25) is 11.8 Å². The molecule has 0 bridgehead atoms. The number of carbonyl (C=O) groups is 2. The van der Waals surface area contributed by atoms with Crippen molar-refractivity contribution in [2.24, 2.45) is 0 Å². The van der Waals surface area contributed by atoms with Gasteiger partial charge in [-0.15, -0.1) is 0 Å². The van der Waals surface area contributed by atoms with Crippen molar-refractivity contribution < 1.29 is 18.7 Å². The lowest BCUT2D eigenvalue weighted by Gasteiger charge is -2.21. The van der Waals surface area contributed by atoms with E-state index in [0.717, 1.165) is 17.7 Å². The van der Waals surface area contributed by atoms with E-state index in [4.69, 9.17) is 9.15 Å². The highest BCUT2D eigenvalue weighted by molar-refractivity contribution is 5.77. The summed E-state index contributed by atoms with van der Waals surface area (Å²) in [6.07, 6.45) is 2.57. The Kier molecular flexibility index (Phi) is 7.07. The maximum Gasteiger partial charge on any atom is 0.222 e. The van der Waals surface area contributed by atoms with Gasteiger partial charge in [-0.25, -0.2) is 0 Å². The van der Waals surface area contributed by atoms with Crippen LogP contribution in [0.5, 0.6) is 5.75 Å². The lowest BCUT2D eigenvalue weighted by atomic mass is 10.1. The average molecular weight is 344 g/mol. The predicted molar refractivity (Wildman–Crippen MR) is 94.1 cm³/mol. The van der Waals surface area contributed by atoms with Gasteiger partial charge in [-0.05, 0) is 36.2 Å². The first-order valence-corrected chi connectivity index (χ1v) is 8.26. The van der Waals surface area contributed by atoms with Crippen LogP contribution in [0.1, 0.15) is 24.7 Å². The fourth-order valence-corrected chi connectivity index (χ4v) is 2.41. The van der Waals surface area contributed by atoms with Gasteiger partial charge in [-0.2, -0.15) is 0 Å². The largest absolute Gasteiger partial charge is 0.497 e. The molecule has 0 saturated heterocycles. The summed E-state index contributed by atoms with van der Waals surface area (Å²) < 4.78 is 10.3. The van der Waals surface area contributed by atoms with E-state index in [1.165, 1.54) is 6.92 Å². The fraction of sp³-hybridized carbons (Fsp3) is 0.368. The second-order valence-electron chi connectivity index (χ2n) is 5.71. The molecule has 0 saturated carbocycles. The maximum absolute atomic E-state index is 11.9. The van der Waals surface area contributed by atoms with Gasteiger partial charge in [0, 0.05) is 26.4 Å². The Bertz CT molecular complexity index is 665. The Morgan fingerprint density at radius 2 is 1.92 bits per heavy atom. The molecule has 0 spiro atoms. The van der Waals surface area contributed by atoms with Crippen molar-refractivity contribution in [3.8, 4) is 5.75 Å². The summed E-state index contributed by atoms with van der Waals surface area (Å²) in [5, 5.41) is 2.78. The lowest BCUT2D eigenvalue weighted by Crippen LogP contribution is -2.35. The molecule has 1 aromatic heterocycles. The predicted octanol–water partition coefficient (Wildman–Crippen LogP) is 2.39. The molecule has 25 heavy (non-hydrogen) atoms. The minimum Gasteiger partial charge on any atom is -0.497 e. The van der Waals surface area contributed by atoms with Gasteiger partial charge in [0.25, 0.3) is 0 Å². The third-order valence-corrected chi connectivity index (χ3v) is 3.92. The zero-order valence-corrected chi connectivity index (χ0v) is 14.7. The number of furan rings is 1. The Hall–Kier alpha value is -2.76. The first-order chi connectivity index (χ1) is 12.1. The molecule has 2 rings (SSSR count). The van der Waals surface area contributed by atoms with Crippen LogP contribution in [0, 0.1) is 0 Å². The molecule has 1 heterocycles. The number of nitrogens with one attached hydrogen (secondary N) is 1. The van der Waals surface area contributed by atoms with Crippen molar-refractivity contribution in [3.63, 3.8) is 0 Å². The zero-order valence-electron chi connectivity index (χ0n) is 14.7. The Morgan fingerprint density at radius 3 is 2.52 bits per heavy atom. The number of ether oxygens (including phenoxy) is 1. The van der Waals surface area contributed by atoms with E-state index < -0.39 is 0 Å². The molecule has 1 N–H and O–H groups in total. The summed E-state index contributed by atoms with van der Waals surface area (Å²) in [6, 6.07) is 11.3. The highest BCUT2D eigenvalue weighted by Crippen LogP contribution is 2.12. The van der Waals surface area contributed by atoms with Crippen molar-refractivity contribution in [2.75, 3.05) is 20.2 Å². The summed E-state index contributed by atoms with van der Waals surface area (Å²) in [5.41, 5.74) is 1.12. The maximum atomic E-state index is 11.9. The van der Waals surface area contributed by atoms with Gasteiger partial charge in [-0.3, -0.25) is 9.59 Å². The van der Waals surface area contributed by atoms with Crippen molar-refractivity contribution in [3.05, 3.63) is 54.0 Å². The van der Waals surface area contributed by atoms with E-state index in [9.17, 15) is 9.59 Å². The first-order valence-electron chi connectivity index (χ1n) is 8.26. The van der Waals surface area contributed by atoms with Gasteiger partial charge in [0.05, 0.1) is 19.9 Å². The third-order valence-electron chi connectivity index (χ3n) is 3.92. The van der Waals surface area contributed by atoms with Crippen LogP contribution in [0.4, 0.5) is 0 Å². The second kappa shape index (κ2) is 9.52. The standard InChI is InChI=1S/C19H24N2O4/c1-15(22)21(11-9-16-5-7-17(24-2)8-6-16)12-10-19(23)20-14-18-4-3-13-25-18/h3-8,13H,9-12,14H2,1-2H3,(H,20,23). The number of rotatable bonds is 9. The van der Waals surface area contributed by atoms with Crippen molar-refractivity contribution in [1.82, 2.24) is 10.2 Å². The van der Waals surface area contributed by atoms with Gasteiger partial charge >= 0.3 is 0 Å². The van der Waals surface area contributed by atoms with Gasteiger partial charge in [0.15, 0.2) is 0 Å². The van der Waals surface area contributed by atoms with Gasteiger partial charge < -0.3 is 19.4 Å². The highest BCUT2D eigenvalue weighted by Gasteiger charge is 2.11. The molecule has 2 aromatic rings. The van der Waals surface area contributed by atoms with E-state index in [-0.39, 0.29) is 18.2 Å². The molecule has 0 atom stereocenters. The number of hydrogen-bond acceptors (Lipinski definition) is 4. The summed E-state index contributed by atoms with van der Waals surface area (Å²) in [6.45, 7) is 2.86. The second-order valence-corrected chi connectivity index (χ2v) is 5.71. The molecule has 134 valence electrons. The van der Waals surface area contributed by atoms with Crippen LogP contribution < -0.4 is 10.1 Å². The molecule has 0 fully saturated rings. The highest BCUT2D eigenvalue weighted by atomic mass is 16.5. The van der Waals surface area contributed by atoms with Crippen molar-refractivity contribution in [1.29, 1.82) is 0 Å². The van der Waals surface area contributed by atoms with Crippen molar-refractivity contribution in [2.45, 2.75) is 26.3 Å². The number of methoxy groups -OCH3 is 1. The minimum absolute atomic E-state index is 0.0349. The summed E-state index contributed by atoms with van der Waals surface area (Å²) in [4.78, 5) is 25.4. The zero-order chi connectivity index (χ0) is 18.1.